The number of nitrogens with zero attached hydrogens (tertiary/aromatic N) is 1. The molecule has 0 aromatic carbocycles. The van der Waals surface area contributed by atoms with Gasteiger partial charge in [0.15, 0.2) is 0 Å². The molecule has 4 fully saturated rings. The molecule has 4 heteroatoms. The van der Waals surface area contributed by atoms with Crippen molar-refractivity contribution >= 4 is 11.8 Å². The summed E-state index contributed by atoms with van der Waals surface area (Å²) in [5.41, 5.74) is 0.229. The van der Waals surface area contributed by atoms with Gasteiger partial charge in [-0.1, -0.05) is 6.92 Å². The van der Waals surface area contributed by atoms with E-state index in [-0.39, 0.29) is 5.60 Å². The molecule has 2 bridgehead atoms. The highest BCUT2D eigenvalue weighted by Crippen LogP contribution is 2.41. The van der Waals surface area contributed by atoms with Crippen molar-refractivity contribution in [2.75, 3.05) is 24.7 Å². The maximum atomic E-state index is 6.23. The second kappa shape index (κ2) is 6.03. The van der Waals surface area contributed by atoms with Crippen LogP contribution in [0, 0.1) is 0 Å². The molecule has 4 rings (SSSR count). The summed E-state index contributed by atoms with van der Waals surface area (Å²) in [4.78, 5) is 2.86. The Morgan fingerprint density at radius 1 is 1.19 bits per heavy atom. The molecule has 3 nitrogen and oxygen atoms in total. The van der Waals surface area contributed by atoms with Gasteiger partial charge in [0.25, 0.3) is 0 Å². The van der Waals surface area contributed by atoms with Crippen molar-refractivity contribution in [3.05, 3.63) is 0 Å². The molecule has 4 saturated heterocycles. The zero-order valence-corrected chi connectivity index (χ0v) is 14.2. The van der Waals surface area contributed by atoms with Crippen molar-refractivity contribution in [2.45, 2.75) is 81.6 Å². The normalized spacial score (nSPS) is 46.6. The molecule has 0 radical (unpaired) electrons. The Morgan fingerprint density at radius 2 is 2.00 bits per heavy atom. The molecule has 4 heterocycles. The van der Waals surface area contributed by atoms with Gasteiger partial charge in [-0.25, -0.2) is 0 Å². The van der Waals surface area contributed by atoms with E-state index in [1.54, 1.807) is 0 Å². The van der Waals surface area contributed by atoms with Gasteiger partial charge in [0, 0.05) is 36.5 Å². The van der Waals surface area contributed by atoms with Crippen molar-refractivity contribution in [3.63, 3.8) is 0 Å². The minimum absolute atomic E-state index is 0.229. The molecular formula is C17H30N2OS. The number of thioether (sulfide) groups is 1. The summed E-state index contributed by atoms with van der Waals surface area (Å²) in [5, 5.41) is 3.80. The van der Waals surface area contributed by atoms with E-state index in [9.17, 15) is 0 Å². The van der Waals surface area contributed by atoms with Crippen LogP contribution in [-0.2, 0) is 4.74 Å². The summed E-state index contributed by atoms with van der Waals surface area (Å²) in [5.74, 6) is 2.54. The smallest absolute Gasteiger partial charge is 0.0795 e. The monoisotopic (exact) mass is 310 g/mol. The van der Waals surface area contributed by atoms with E-state index >= 15 is 0 Å². The minimum Gasteiger partial charge on any atom is -0.374 e. The minimum atomic E-state index is 0.229. The number of nitrogens with one attached hydrogen (secondary N) is 1. The van der Waals surface area contributed by atoms with Crippen LogP contribution in [0.5, 0.6) is 0 Å². The van der Waals surface area contributed by atoms with E-state index in [2.05, 4.69) is 28.9 Å². The molecule has 4 atom stereocenters. The molecule has 0 amide bonds. The Labute approximate surface area is 133 Å². The first-order chi connectivity index (χ1) is 10.3. The highest BCUT2D eigenvalue weighted by Gasteiger charge is 2.44. The second-order valence-corrected chi connectivity index (χ2v) is 8.68. The zero-order valence-electron chi connectivity index (χ0n) is 13.4. The Bertz CT molecular complexity index is 360. The van der Waals surface area contributed by atoms with Gasteiger partial charge in [-0.3, -0.25) is 4.90 Å². The predicted molar refractivity (Wildman–Crippen MR) is 89.0 cm³/mol. The number of rotatable bonds is 3. The largest absolute Gasteiger partial charge is 0.374 e. The first-order valence-electron chi connectivity index (χ1n) is 9.01. The summed E-state index contributed by atoms with van der Waals surface area (Å²) < 4.78 is 6.23. The van der Waals surface area contributed by atoms with Crippen LogP contribution < -0.4 is 5.32 Å². The third-order valence-electron chi connectivity index (χ3n) is 6.29. The fourth-order valence-electron chi connectivity index (χ4n) is 5.26. The van der Waals surface area contributed by atoms with E-state index in [1.807, 2.05) is 0 Å². The molecule has 120 valence electrons. The van der Waals surface area contributed by atoms with Crippen molar-refractivity contribution in [3.8, 4) is 0 Å². The SMILES string of the molecule is CCN(C1CC2CCC(C1)N2)C1CCOC2(CCSC2)C1. The summed E-state index contributed by atoms with van der Waals surface area (Å²) in [7, 11) is 0. The van der Waals surface area contributed by atoms with Gasteiger partial charge in [0.05, 0.1) is 5.60 Å². The molecule has 0 aromatic heterocycles. The number of hydrogen-bond acceptors (Lipinski definition) is 4. The molecule has 21 heavy (non-hydrogen) atoms. The molecule has 4 aliphatic heterocycles. The van der Waals surface area contributed by atoms with Gasteiger partial charge in [-0.2, -0.15) is 11.8 Å². The summed E-state index contributed by atoms with van der Waals surface area (Å²) in [6.45, 7) is 4.58. The van der Waals surface area contributed by atoms with Crippen molar-refractivity contribution in [1.82, 2.24) is 10.2 Å². The van der Waals surface area contributed by atoms with Crippen molar-refractivity contribution in [1.29, 1.82) is 0 Å². The molecule has 1 spiro atoms. The van der Waals surface area contributed by atoms with Crippen LogP contribution in [0.4, 0.5) is 0 Å². The number of piperidine rings is 1. The number of ether oxygens (including phenoxy) is 1. The predicted octanol–water partition coefficient (Wildman–Crippen LogP) is 2.65. The average molecular weight is 311 g/mol. The maximum Gasteiger partial charge on any atom is 0.0795 e. The lowest BCUT2D eigenvalue weighted by atomic mass is 9.87. The van der Waals surface area contributed by atoms with E-state index < -0.39 is 0 Å². The van der Waals surface area contributed by atoms with Crippen LogP contribution in [0.1, 0.15) is 51.9 Å². The standard InChI is InChI=1S/C17H30N2OS/c1-2-19(16-9-13-3-4-14(10-16)18-13)15-5-7-20-17(11-15)6-8-21-12-17/h13-16,18H,2-12H2,1H3. The van der Waals surface area contributed by atoms with Gasteiger partial charge in [-0.15, -0.1) is 0 Å². The van der Waals surface area contributed by atoms with E-state index in [4.69, 9.17) is 4.74 Å². The molecule has 4 unspecified atom stereocenters. The van der Waals surface area contributed by atoms with Crippen LogP contribution in [0.3, 0.4) is 0 Å². The Hall–Kier alpha value is 0.230. The number of fused-ring (bicyclic) bond motifs is 2. The first-order valence-corrected chi connectivity index (χ1v) is 10.2. The summed E-state index contributed by atoms with van der Waals surface area (Å²) >= 11 is 2.09. The van der Waals surface area contributed by atoms with Crippen LogP contribution in [0.15, 0.2) is 0 Å². The van der Waals surface area contributed by atoms with Gasteiger partial charge in [-0.05, 0) is 57.2 Å². The summed E-state index contributed by atoms with van der Waals surface area (Å²) in [6.07, 6.45) is 9.39. The average Bonchev–Trinajstić information content (AvgIpc) is 3.07. The van der Waals surface area contributed by atoms with Crippen LogP contribution in [-0.4, -0.2) is 59.3 Å². The first kappa shape index (κ1) is 14.8. The molecule has 1 N–H and O–H groups in total. The van der Waals surface area contributed by atoms with Gasteiger partial charge in [0.1, 0.15) is 0 Å². The Balaban J connectivity index is 1.45. The lowest BCUT2D eigenvalue weighted by Gasteiger charge is -2.47. The third kappa shape index (κ3) is 2.89. The highest BCUT2D eigenvalue weighted by atomic mass is 32.2. The van der Waals surface area contributed by atoms with Crippen LogP contribution in [0.2, 0.25) is 0 Å². The molecular weight excluding hydrogens is 280 g/mol. The summed E-state index contributed by atoms with van der Waals surface area (Å²) in [6, 6.07) is 3.20. The Morgan fingerprint density at radius 3 is 2.67 bits per heavy atom. The van der Waals surface area contributed by atoms with Gasteiger partial charge >= 0.3 is 0 Å². The zero-order chi connectivity index (χ0) is 14.3. The van der Waals surface area contributed by atoms with Crippen LogP contribution >= 0.6 is 11.8 Å². The third-order valence-corrected chi connectivity index (χ3v) is 7.51. The van der Waals surface area contributed by atoms with Crippen LogP contribution in [0.25, 0.3) is 0 Å². The van der Waals surface area contributed by atoms with Crippen molar-refractivity contribution in [2.24, 2.45) is 0 Å². The van der Waals surface area contributed by atoms with E-state index in [0.29, 0.717) is 0 Å². The number of hydrogen-bond donors (Lipinski definition) is 1. The fraction of sp³-hybridized carbons (Fsp3) is 1.00. The van der Waals surface area contributed by atoms with Gasteiger partial charge in [0.2, 0.25) is 0 Å². The van der Waals surface area contributed by atoms with Crippen molar-refractivity contribution < 1.29 is 4.74 Å². The molecule has 0 saturated carbocycles. The molecule has 4 aliphatic rings. The van der Waals surface area contributed by atoms with Gasteiger partial charge < -0.3 is 10.1 Å². The van der Waals surface area contributed by atoms with E-state index in [0.717, 1.165) is 30.8 Å². The lowest BCUT2D eigenvalue weighted by Crippen LogP contribution is -2.55. The topological polar surface area (TPSA) is 24.5 Å². The lowest BCUT2D eigenvalue weighted by molar-refractivity contribution is -0.0967. The second-order valence-electron chi connectivity index (χ2n) is 7.57. The highest BCUT2D eigenvalue weighted by molar-refractivity contribution is 7.99. The quantitative estimate of drug-likeness (QED) is 0.866. The molecule has 0 aliphatic carbocycles. The fourth-order valence-corrected chi connectivity index (χ4v) is 6.64. The molecule has 0 aromatic rings. The maximum absolute atomic E-state index is 6.23. The van der Waals surface area contributed by atoms with E-state index in [1.165, 1.54) is 63.0 Å². The Kier molecular flexibility index (Phi) is 4.25.